The smallest absolute Gasteiger partial charge is 0.0537 e. The van der Waals surface area contributed by atoms with Crippen molar-refractivity contribution < 1.29 is 0 Å². The van der Waals surface area contributed by atoms with Gasteiger partial charge in [0, 0.05) is 24.3 Å². The van der Waals surface area contributed by atoms with E-state index in [1.807, 2.05) is 13.2 Å². The Labute approximate surface area is 99.2 Å². The highest BCUT2D eigenvalue weighted by Gasteiger charge is 2.10. The SMILES string of the molecule is CCCC(C)Cn1cc(C(CC)NC)cn1. The summed E-state index contributed by atoms with van der Waals surface area (Å²) >= 11 is 0. The van der Waals surface area contributed by atoms with Crippen molar-refractivity contribution in [3.63, 3.8) is 0 Å². The van der Waals surface area contributed by atoms with Crippen LogP contribution in [0, 0.1) is 5.92 Å². The quantitative estimate of drug-likeness (QED) is 0.770. The Kier molecular flexibility index (Phi) is 5.53. The fraction of sp³-hybridized carbons (Fsp3) is 0.769. The molecule has 0 aliphatic rings. The molecule has 92 valence electrons. The largest absolute Gasteiger partial charge is 0.313 e. The topological polar surface area (TPSA) is 29.9 Å². The molecule has 1 heterocycles. The average molecular weight is 223 g/mol. The van der Waals surface area contributed by atoms with Crippen molar-refractivity contribution in [1.82, 2.24) is 15.1 Å². The van der Waals surface area contributed by atoms with E-state index in [9.17, 15) is 0 Å². The second-order valence-electron chi connectivity index (χ2n) is 4.64. The van der Waals surface area contributed by atoms with Gasteiger partial charge < -0.3 is 5.32 Å². The molecule has 0 saturated carbocycles. The Balaban J connectivity index is 2.57. The average Bonchev–Trinajstić information content (AvgIpc) is 2.68. The van der Waals surface area contributed by atoms with Crippen LogP contribution in [0.15, 0.2) is 12.4 Å². The zero-order valence-electron chi connectivity index (χ0n) is 11.0. The maximum atomic E-state index is 4.43. The van der Waals surface area contributed by atoms with E-state index in [1.165, 1.54) is 18.4 Å². The summed E-state index contributed by atoms with van der Waals surface area (Å²) in [6.45, 7) is 7.76. The lowest BCUT2D eigenvalue weighted by Crippen LogP contribution is -2.14. The van der Waals surface area contributed by atoms with Crippen molar-refractivity contribution in [3.05, 3.63) is 18.0 Å². The molecule has 16 heavy (non-hydrogen) atoms. The Morgan fingerprint density at radius 2 is 2.19 bits per heavy atom. The number of hydrogen-bond donors (Lipinski definition) is 1. The third kappa shape index (κ3) is 3.63. The van der Waals surface area contributed by atoms with Crippen LogP contribution in [-0.4, -0.2) is 16.8 Å². The van der Waals surface area contributed by atoms with Crippen molar-refractivity contribution >= 4 is 0 Å². The Hall–Kier alpha value is -0.830. The van der Waals surface area contributed by atoms with E-state index in [-0.39, 0.29) is 0 Å². The standard InChI is InChI=1S/C13H25N3/c1-5-7-11(3)9-16-10-12(8-15-16)13(6-2)14-4/h8,10-11,13-14H,5-7,9H2,1-4H3. The van der Waals surface area contributed by atoms with Crippen molar-refractivity contribution in [2.45, 2.75) is 52.6 Å². The highest BCUT2D eigenvalue weighted by atomic mass is 15.3. The Bertz CT molecular complexity index is 289. The molecule has 0 saturated heterocycles. The van der Waals surface area contributed by atoms with Gasteiger partial charge in [0.15, 0.2) is 0 Å². The van der Waals surface area contributed by atoms with E-state index in [0.717, 1.165) is 13.0 Å². The molecule has 2 atom stereocenters. The number of nitrogens with zero attached hydrogens (tertiary/aromatic N) is 2. The molecule has 0 fully saturated rings. The molecular weight excluding hydrogens is 198 g/mol. The van der Waals surface area contributed by atoms with Gasteiger partial charge in [0.1, 0.15) is 0 Å². The highest BCUT2D eigenvalue weighted by Crippen LogP contribution is 2.16. The van der Waals surface area contributed by atoms with Crippen LogP contribution in [0.5, 0.6) is 0 Å². The van der Waals surface area contributed by atoms with Crippen LogP contribution in [0.4, 0.5) is 0 Å². The lowest BCUT2D eigenvalue weighted by Gasteiger charge is -2.11. The summed E-state index contributed by atoms with van der Waals surface area (Å²) in [6.07, 6.45) is 7.80. The first-order chi connectivity index (χ1) is 7.71. The number of aromatic nitrogens is 2. The minimum Gasteiger partial charge on any atom is -0.313 e. The predicted molar refractivity (Wildman–Crippen MR) is 68.4 cm³/mol. The first kappa shape index (κ1) is 13.2. The molecule has 3 heteroatoms. The van der Waals surface area contributed by atoms with Crippen molar-refractivity contribution in [2.24, 2.45) is 5.92 Å². The van der Waals surface area contributed by atoms with Gasteiger partial charge in [-0.3, -0.25) is 4.68 Å². The van der Waals surface area contributed by atoms with Crippen LogP contribution < -0.4 is 5.32 Å². The molecule has 1 aromatic heterocycles. The molecule has 0 aliphatic heterocycles. The summed E-state index contributed by atoms with van der Waals surface area (Å²) in [5, 5.41) is 7.74. The lowest BCUT2D eigenvalue weighted by molar-refractivity contribution is 0.420. The summed E-state index contributed by atoms with van der Waals surface area (Å²) < 4.78 is 2.08. The summed E-state index contributed by atoms with van der Waals surface area (Å²) in [5.74, 6) is 0.715. The molecule has 0 aliphatic carbocycles. The van der Waals surface area contributed by atoms with Gasteiger partial charge >= 0.3 is 0 Å². The van der Waals surface area contributed by atoms with Gasteiger partial charge in [-0.05, 0) is 25.8 Å². The van der Waals surface area contributed by atoms with Crippen LogP contribution >= 0.6 is 0 Å². The second kappa shape index (κ2) is 6.69. The van der Waals surface area contributed by atoms with E-state index in [1.54, 1.807) is 0 Å². The Morgan fingerprint density at radius 3 is 2.75 bits per heavy atom. The van der Waals surface area contributed by atoms with Gasteiger partial charge in [-0.2, -0.15) is 5.10 Å². The first-order valence-electron chi connectivity index (χ1n) is 6.40. The zero-order chi connectivity index (χ0) is 12.0. The molecule has 0 spiro atoms. The normalized spacial score (nSPS) is 15.0. The Morgan fingerprint density at radius 1 is 1.44 bits per heavy atom. The van der Waals surface area contributed by atoms with Gasteiger partial charge in [-0.15, -0.1) is 0 Å². The molecule has 3 nitrogen and oxygen atoms in total. The summed E-state index contributed by atoms with van der Waals surface area (Å²) in [6, 6.07) is 0.440. The summed E-state index contributed by atoms with van der Waals surface area (Å²) in [5.41, 5.74) is 1.30. The number of hydrogen-bond acceptors (Lipinski definition) is 2. The van der Waals surface area contributed by atoms with Crippen molar-refractivity contribution in [3.8, 4) is 0 Å². The van der Waals surface area contributed by atoms with E-state index in [4.69, 9.17) is 0 Å². The van der Waals surface area contributed by atoms with Gasteiger partial charge in [0.05, 0.1) is 6.20 Å². The predicted octanol–water partition coefficient (Wildman–Crippen LogP) is 2.99. The van der Waals surface area contributed by atoms with Crippen molar-refractivity contribution in [1.29, 1.82) is 0 Å². The number of nitrogens with one attached hydrogen (secondary N) is 1. The molecule has 2 unspecified atom stereocenters. The van der Waals surface area contributed by atoms with Crippen LogP contribution in [0.3, 0.4) is 0 Å². The lowest BCUT2D eigenvalue weighted by atomic mass is 10.1. The van der Waals surface area contributed by atoms with Gasteiger partial charge in [-0.25, -0.2) is 0 Å². The molecule has 0 amide bonds. The minimum absolute atomic E-state index is 0.440. The van der Waals surface area contributed by atoms with Gasteiger partial charge in [0.2, 0.25) is 0 Å². The molecule has 0 bridgehead atoms. The summed E-state index contributed by atoms with van der Waals surface area (Å²) in [7, 11) is 2.01. The molecule has 1 rings (SSSR count). The van der Waals surface area contributed by atoms with E-state index >= 15 is 0 Å². The molecule has 1 aromatic rings. The summed E-state index contributed by atoms with van der Waals surface area (Å²) in [4.78, 5) is 0. The van der Waals surface area contributed by atoms with E-state index in [2.05, 4.69) is 42.1 Å². The minimum atomic E-state index is 0.440. The maximum absolute atomic E-state index is 4.43. The van der Waals surface area contributed by atoms with E-state index in [0.29, 0.717) is 12.0 Å². The van der Waals surface area contributed by atoms with Crippen LogP contribution in [-0.2, 0) is 6.54 Å². The zero-order valence-corrected chi connectivity index (χ0v) is 11.0. The highest BCUT2D eigenvalue weighted by molar-refractivity contribution is 5.09. The third-order valence-electron chi connectivity index (χ3n) is 3.09. The monoisotopic (exact) mass is 223 g/mol. The first-order valence-corrected chi connectivity index (χ1v) is 6.40. The molecule has 1 N–H and O–H groups in total. The molecule has 0 aromatic carbocycles. The van der Waals surface area contributed by atoms with Crippen LogP contribution in [0.1, 0.15) is 51.6 Å². The van der Waals surface area contributed by atoms with Crippen molar-refractivity contribution in [2.75, 3.05) is 7.05 Å². The van der Waals surface area contributed by atoms with Crippen LogP contribution in [0.25, 0.3) is 0 Å². The second-order valence-corrected chi connectivity index (χ2v) is 4.64. The molecule has 0 radical (unpaired) electrons. The third-order valence-corrected chi connectivity index (χ3v) is 3.09. The van der Waals surface area contributed by atoms with Crippen LogP contribution in [0.2, 0.25) is 0 Å². The fourth-order valence-electron chi connectivity index (χ4n) is 2.17. The fourth-order valence-corrected chi connectivity index (χ4v) is 2.17. The molecular formula is C13H25N3. The number of rotatable bonds is 7. The van der Waals surface area contributed by atoms with E-state index < -0.39 is 0 Å². The van der Waals surface area contributed by atoms with Gasteiger partial charge in [0.25, 0.3) is 0 Å². The van der Waals surface area contributed by atoms with Gasteiger partial charge in [-0.1, -0.05) is 27.2 Å². The maximum Gasteiger partial charge on any atom is 0.0537 e.